The molecule has 0 unspecified atom stereocenters. The van der Waals surface area contributed by atoms with E-state index in [1.807, 2.05) is 0 Å². The van der Waals surface area contributed by atoms with Gasteiger partial charge in [-0.25, -0.2) is 0 Å². The molecule has 0 saturated heterocycles. The zero-order valence-corrected chi connectivity index (χ0v) is 10.7. The Bertz CT molecular complexity index is 365. The number of ether oxygens (including phenoxy) is 1. The van der Waals surface area contributed by atoms with Crippen molar-refractivity contribution in [3.63, 3.8) is 0 Å². The number of nitrogens with zero attached hydrogens (tertiary/aromatic N) is 3. The van der Waals surface area contributed by atoms with Gasteiger partial charge in [-0.1, -0.05) is 0 Å². The fraction of sp³-hybridized carbons (Fsp3) is 0.857. The maximum atomic E-state index is 11.8. The highest BCUT2D eigenvalue weighted by Crippen LogP contribution is 2.22. The van der Waals surface area contributed by atoms with Crippen LogP contribution in [0.15, 0.2) is 0 Å². The van der Waals surface area contributed by atoms with E-state index in [-0.39, 0.29) is 6.61 Å². The second-order valence-corrected chi connectivity index (χ2v) is 3.49. The molecule has 0 aromatic rings. The normalized spacial score (nSPS) is 10.3. The van der Waals surface area contributed by atoms with Gasteiger partial charge in [-0.05, 0) is 6.92 Å². The molecule has 0 atom stereocenters. The molecule has 0 spiro atoms. The Balaban J connectivity index is 5.22. The lowest BCUT2D eigenvalue weighted by Gasteiger charge is -2.27. The number of hydrogen-bond donors (Lipinski definition) is 0. The average Bonchev–Trinajstić information content (AvgIpc) is 2.38. The van der Waals surface area contributed by atoms with E-state index in [1.54, 1.807) is 0 Å². The summed E-state index contributed by atoms with van der Waals surface area (Å²) >= 11 is 0. The van der Waals surface area contributed by atoms with E-state index in [2.05, 4.69) is 19.2 Å². The molecule has 0 aliphatic heterocycles. The van der Waals surface area contributed by atoms with Gasteiger partial charge in [0.15, 0.2) is 0 Å². The van der Waals surface area contributed by atoms with Gasteiger partial charge in [-0.3, -0.25) is 4.79 Å². The second kappa shape index (κ2) is 8.28. The Morgan fingerprint density at radius 3 is 1.48 bits per heavy atom. The largest absolute Gasteiger partial charge is 0.465 e. The van der Waals surface area contributed by atoms with E-state index < -0.39 is 46.5 Å². The minimum Gasteiger partial charge on any atom is -0.465 e. The van der Waals surface area contributed by atoms with Crippen molar-refractivity contribution in [1.82, 2.24) is 0 Å². The molecule has 0 amide bonds. The molecule has 0 rings (SSSR count). The molecule has 0 heterocycles. The molecule has 14 heteroatoms. The molecule has 0 radical (unpaired) electrons. The zero-order valence-electron chi connectivity index (χ0n) is 10.7. The van der Waals surface area contributed by atoms with Crippen LogP contribution in [0.2, 0.25) is 0 Å². The lowest BCUT2D eigenvalue weighted by molar-refractivity contribution is -0.780. The fourth-order valence-electron chi connectivity index (χ4n) is 1.11. The number of hydrogen-bond acceptors (Lipinski definition) is 11. The topological polar surface area (TPSA) is 183 Å². The molecule has 14 nitrogen and oxygen atoms in total. The van der Waals surface area contributed by atoms with E-state index in [0.29, 0.717) is 0 Å². The van der Waals surface area contributed by atoms with Crippen molar-refractivity contribution in [2.24, 2.45) is 5.41 Å². The quantitative estimate of drug-likeness (QED) is 0.263. The Morgan fingerprint density at radius 2 is 1.24 bits per heavy atom. The van der Waals surface area contributed by atoms with Crippen LogP contribution in [0.1, 0.15) is 6.92 Å². The van der Waals surface area contributed by atoms with E-state index in [1.165, 1.54) is 6.92 Å². The lowest BCUT2D eigenvalue weighted by Crippen LogP contribution is -2.47. The fourth-order valence-corrected chi connectivity index (χ4v) is 1.11. The Kier molecular flexibility index (Phi) is 7.13. The summed E-state index contributed by atoms with van der Waals surface area (Å²) in [6.07, 6.45) is 0. The maximum Gasteiger partial charge on any atom is 0.318 e. The predicted molar refractivity (Wildman–Crippen MR) is 57.9 cm³/mol. The van der Waals surface area contributed by atoms with Gasteiger partial charge < -0.3 is 19.2 Å². The van der Waals surface area contributed by atoms with Crippen molar-refractivity contribution in [3.8, 4) is 0 Å². The maximum absolute atomic E-state index is 11.8. The third-order valence-corrected chi connectivity index (χ3v) is 2.05. The van der Waals surface area contributed by atoms with Crippen LogP contribution in [0, 0.1) is 35.8 Å². The molecule has 0 aromatic heterocycles. The second-order valence-electron chi connectivity index (χ2n) is 3.49. The number of carbonyl (C=O) groups excluding carboxylic acids is 1. The first-order valence-corrected chi connectivity index (χ1v) is 5.22. The molecule has 0 N–H and O–H groups in total. The SMILES string of the molecule is CCOC(=O)C(CO[N+](=O)[O-])(CO[N+](=O)[O-])CO[N+](=O)[O-]. The first kappa shape index (κ1) is 18.1. The van der Waals surface area contributed by atoms with Gasteiger partial charge in [0.2, 0.25) is 0 Å². The van der Waals surface area contributed by atoms with Gasteiger partial charge in [0.1, 0.15) is 25.2 Å². The van der Waals surface area contributed by atoms with E-state index >= 15 is 0 Å². The Labute approximate surface area is 115 Å². The van der Waals surface area contributed by atoms with Gasteiger partial charge >= 0.3 is 5.97 Å². The van der Waals surface area contributed by atoms with Crippen LogP contribution in [0.5, 0.6) is 0 Å². The summed E-state index contributed by atoms with van der Waals surface area (Å²) in [7, 11) is 0. The van der Waals surface area contributed by atoms with Crippen molar-refractivity contribution in [1.29, 1.82) is 0 Å². The Hall–Kier alpha value is -2.93. The Morgan fingerprint density at radius 1 is 0.905 bits per heavy atom. The number of carbonyl (C=O) groups is 1. The first-order valence-electron chi connectivity index (χ1n) is 5.22. The van der Waals surface area contributed by atoms with Crippen molar-refractivity contribution in [3.05, 3.63) is 30.3 Å². The van der Waals surface area contributed by atoms with Crippen LogP contribution in [0.25, 0.3) is 0 Å². The van der Waals surface area contributed by atoms with Gasteiger partial charge in [0.05, 0.1) is 6.61 Å². The van der Waals surface area contributed by atoms with Gasteiger partial charge in [0.25, 0.3) is 15.3 Å². The van der Waals surface area contributed by atoms with Crippen LogP contribution >= 0.6 is 0 Å². The molecule has 0 fully saturated rings. The number of rotatable bonds is 11. The van der Waals surface area contributed by atoms with Crippen molar-refractivity contribution in [2.75, 3.05) is 26.4 Å². The van der Waals surface area contributed by atoms with Crippen LogP contribution in [-0.2, 0) is 24.0 Å². The van der Waals surface area contributed by atoms with Crippen molar-refractivity contribution < 1.29 is 39.3 Å². The summed E-state index contributed by atoms with van der Waals surface area (Å²) < 4.78 is 4.56. The summed E-state index contributed by atoms with van der Waals surface area (Å²) in [6, 6.07) is 0. The van der Waals surface area contributed by atoms with E-state index in [0.717, 1.165) is 0 Å². The lowest BCUT2D eigenvalue weighted by atomic mass is 9.91. The smallest absolute Gasteiger partial charge is 0.318 e. The molecular weight excluding hydrogens is 302 g/mol. The zero-order chi connectivity index (χ0) is 16.5. The molecule has 0 saturated carbocycles. The van der Waals surface area contributed by atoms with E-state index in [9.17, 15) is 35.1 Å². The molecule has 0 aromatic carbocycles. The molecule has 0 aliphatic rings. The van der Waals surface area contributed by atoms with Crippen LogP contribution < -0.4 is 0 Å². The van der Waals surface area contributed by atoms with Crippen LogP contribution in [-0.4, -0.2) is 47.7 Å². The summed E-state index contributed by atoms with van der Waals surface area (Å²) in [5, 5.41) is 26.7. The molecule has 120 valence electrons. The predicted octanol–water partition coefficient (Wildman–Crippen LogP) is -0.839. The molecule has 0 bridgehead atoms. The number of esters is 1. The van der Waals surface area contributed by atoms with Gasteiger partial charge in [0, 0.05) is 0 Å². The van der Waals surface area contributed by atoms with Gasteiger partial charge in [-0.2, -0.15) is 0 Å². The summed E-state index contributed by atoms with van der Waals surface area (Å²) in [6.45, 7) is -2.04. The first-order chi connectivity index (χ1) is 9.73. The summed E-state index contributed by atoms with van der Waals surface area (Å²) in [4.78, 5) is 54.2. The third-order valence-electron chi connectivity index (χ3n) is 2.05. The highest BCUT2D eigenvalue weighted by Gasteiger charge is 2.44. The van der Waals surface area contributed by atoms with Crippen LogP contribution in [0.3, 0.4) is 0 Å². The summed E-state index contributed by atoms with van der Waals surface area (Å²) in [5.41, 5.74) is -2.25. The van der Waals surface area contributed by atoms with Gasteiger partial charge in [-0.15, -0.1) is 30.3 Å². The minimum absolute atomic E-state index is 0.185. The molecular formula is C7H11N3O11. The average molecular weight is 313 g/mol. The standard InChI is InChI=1S/C7H11N3O11/c1-2-18-6(11)7(3-19-8(12)13,4-20-9(14)15)5-21-10(16)17/h2-5H2,1H3. The highest BCUT2D eigenvalue weighted by molar-refractivity contribution is 5.77. The molecule has 0 aliphatic carbocycles. The molecule has 21 heavy (non-hydrogen) atoms. The summed E-state index contributed by atoms with van der Waals surface area (Å²) in [5.74, 6) is -1.24. The highest BCUT2D eigenvalue weighted by atomic mass is 17.0. The van der Waals surface area contributed by atoms with E-state index in [4.69, 9.17) is 0 Å². The van der Waals surface area contributed by atoms with Crippen molar-refractivity contribution >= 4 is 5.97 Å². The van der Waals surface area contributed by atoms with Crippen molar-refractivity contribution in [2.45, 2.75) is 6.92 Å². The minimum atomic E-state index is -2.25. The third kappa shape index (κ3) is 6.69. The van der Waals surface area contributed by atoms with Crippen LogP contribution in [0.4, 0.5) is 0 Å². The monoisotopic (exact) mass is 313 g/mol.